The summed E-state index contributed by atoms with van der Waals surface area (Å²) in [6.45, 7) is 2.63. The Kier molecular flexibility index (Phi) is 7.31. The van der Waals surface area contributed by atoms with E-state index in [1.807, 2.05) is 6.92 Å². The molecule has 2 N–H and O–H groups in total. The molecule has 2 aromatic carbocycles. The van der Waals surface area contributed by atoms with Gasteiger partial charge in [0.15, 0.2) is 13.1 Å². The van der Waals surface area contributed by atoms with Gasteiger partial charge in [-0.15, -0.1) is 0 Å². The van der Waals surface area contributed by atoms with Crippen LogP contribution < -0.4 is 19.9 Å². The molecule has 6 nitrogen and oxygen atoms in total. The lowest BCUT2D eigenvalue weighted by atomic mass is 10.2. The molecular weight excluding hydrogens is 349 g/mol. The third-order valence-corrected chi connectivity index (χ3v) is 4.04. The van der Waals surface area contributed by atoms with Crippen LogP contribution in [0, 0.1) is 5.82 Å². The van der Waals surface area contributed by atoms with Crippen LogP contribution in [0.25, 0.3) is 0 Å². The fourth-order valence-corrected chi connectivity index (χ4v) is 2.69. The molecule has 27 heavy (non-hydrogen) atoms. The van der Waals surface area contributed by atoms with E-state index < -0.39 is 0 Å². The van der Waals surface area contributed by atoms with Crippen molar-refractivity contribution in [2.75, 3.05) is 44.0 Å². The highest BCUT2D eigenvalue weighted by molar-refractivity contribution is 5.94. The lowest BCUT2D eigenvalue weighted by Crippen LogP contribution is -3.11. The van der Waals surface area contributed by atoms with Gasteiger partial charge in [-0.25, -0.2) is 4.39 Å². The molecule has 0 aliphatic rings. The molecule has 2 amide bonds. The number of carbonyl (C=O) groups is 2. The van der Waals surface area contributed by atoms with Crippen molar-refractivity contribution in [3.63, 3.8) is 0 Å². The van der Waals surface area contributed by atoms with Crippen molar-refractivity contribution in [1.29, 1.82) is 0 Å². The Morgan fingerprint density at radius 3 is 2.26 bits per heavy atom. The van der Waals surface area contributed by atoms with E-state index in [0.717, 1.165) is 4.90 Å². The lowest BCUT2D eigenvalue weighted by molar-refractivity contribution is -0.862. The number of likely N-dealkylation sites (N-methyl/N-ethyl adjacent to an activating group) is 2. The van der Waals surface area contributed by atoms with Crippen molar-refractivity contribution in [1.82, 2.24) is 0 Å². The van der Waals surface area contributed by atoms with E-state index in [2.05, 4.69) is 5.32 Å². The van der Waals surface area contributed by atoms with Gasteiger partial charge < -0.3 is 19.9 Å². The molecule has 0 fully saturated rings. The van der Waals surface area contributed by atoms with Crippen molar-refractivity contribution in [3.8, 4) is 5.75 Å². The Labute approximate surface area is 158 Å². The largest absolute Gasteiger partial charge is 0.497 e. The summed E-state index contributed by atoms with van der Waals surface area (Å²) < 4.78 is 18.1. The Morgan fingerprint density at radius 2 is 1.70 bits per heavy atom. The molecule has 0 saturated carbocycles. The van der Waals surface area contributed by atoms with Gasteiger partial charge in [0.2, 0.25) is 0 Å². The first-order chi connectivity index (χ1) is 12.9. The van der Waals surface area contributed by atoms with Gasteiger partial charge in [0.25, 0.3) is 11.8 Å². The summed E-state index contributed by atoms with van der Waals surface area (Å²) in [7, 11) is 3.36. The average Bonchev–Trinajstić information content (AvgIpc) is 2.64. The van der Waals surface area contributed by atoms with E-state index >= 15 is 0 Å². The van der Waals surface area contributed by atoms with Crippen LogP contribution in [-0.2, 0) is 9.59 Å². The number of halogens is 1. The van der Waals surface area contributed by atoms with Gasteiger partial charge in [-0.1, -0.05) is 0 Å². The molecule has 1 atom stereocenters. The predicted molar refractivity (Wildman–Crippen MR) is 103 cm³/mol. The molecule has 0 aliphatic carbocycles. The van der Waals surface area contributed by atoms with Crippen molar-refractivity contribution in [3.05, 3.63) is 54.3 Å². The molecule has 2 aromatic rings. The van der Waals surface area contributed by atoms with Crippen LogP contribution in [0.2, 0.25) is 0 Å². The van der Waals surface area contributed by atoms with Gasteiger partial charge in [-0.2, -0.15) is 0 Å². The third kappa shape index (κ3) is 6.07. The van der Waals surface area contributed by atoms with Crippen LogP contribution in [0.1, 0.15) is 6.92 Å². The molecule has 7 heteroatoms. The van der Waals surface area contributed by atoms with Crippen LogP contribution in [0.4, 0.5) is 15.8 Å². The first-order valence-corrected chi connectivity index (χ1v) is 8.74. The fourth-order valence-electron chi connectivity index (χ4n) is 2.69. The molecule has 0 bridgehead atoms. The topological polar surface area (TPSA) is 63.1 Å². The van der Waals surface area contributed by atoms with Gasteiger partial charge in [0.1, 0.15) is 11.6 Å². The van der Waals surface area contributed by atoms with Crippen LogP contribution in [0.15, 0.2) is 48.5 Å². The number of carbonyl (C=O) groups excluding carboxylic acids is 2. The summed E-state index contributed by atoms with van der Waals surface area (Å²) in [5, 5.41) is 2.80. The molecular formula is C20H25FN3O3+. The zero-order valence-electron chi connectivity index (χ0n) is 15.8. The first kappa shape index (κ1) is 20.4. The van der Waals surface area contributed by atoms with Crippen molar-refractivity contribution < 1.29 is 23.6 Å². The number of hydrogen-bond acceptors (Lipinski definition) is 3. The monoisotopic (exact) mass is 374 g/mol. The summed E-state index contributed by atoms with van der Waals surface area (Å²) >= 11 is 0. The van der Waals surface area contributed by atoms with Crippen molar-refractivity contribution in [2.24, 2.45) is 0 Å². The molecule has 144 valence electrons. The zero-order chi connectivity index (χ0) is 19.8. The Morgan fingerprint density at radius 1 is 1.07 bits per heavy atom. The van der Waals surface area contributed by atoms with E-state index in [4.69, 9.17) is 4.74 Å². The molecule has 0 aromatic heterocycles. The highest BCUT2D eigenvalue weighted by Gasteiger charge is 2.20. The van der Waals surface area contributed by atoms with E-state index in [1.54, 1.807) is 55.5 Å². The third-order valence-electron chi connectivity index (χ3n) is 4.04. The molecule has 0 radical (unpaired) electrons. The second-order valence-electron chi connectivity index (χ2n) is 6.20. The van der Waals surface area contributed by atoms with E-state index in [0.29, 0.717) is 23.7 Å². The summed E-state index contributed by atoms with van der Waals surface area (Å²) in [5.41, 5.74) is 1.31. The Balaban J connectivity index is 1.88. The van der Waals surface area contributed by atoms with Crippen molar-refractivity contribution >= 4 is 23.2 Å². The molecule has 2 rings (SSSR count). The average molecular weight is 374 g/mol. The number of rotatable bonds is 8. The van der Waals surface area contributed by atoms with E-state index in [9.17, 15) is 14.0 Å². The minimum absolute atomic E-state index is 0.126. The normalized spacial score (nSPS) is 11.6. The standard InChI is InChI=1S/C20H24FN3O3/c1-4-24(17-9-5-15(21)6-10-17)20(26)14-23(2)13-19(25)22-16-7-11-18(27-3)12-8-16/h5-12H,4,13-14H2,1-3H3,(H,22,25)/p+1. The van der Waals surface area contributed by atoms with Crippen molar-refractivity contribution in [2.45, 2.75) is 6.92 Å². The minimum Gasteiger partial charge on any atom is -0.497 e. The Bertz CT molecular complexity index is 763. The second kappa shape index (κ2) is 9.68. The summed E-state index contributed by atoms with van der Waals surface area (Å²) in [4.78, 5) is 27.1. The Hall–Kier alpha value is -2.93. The first-order valence-electron chi connectivity index (χ1n) is 8.74. The molecule has 0 aliphatic heterocycles. The lowest BCUT2D eigenvalue weighted by Gasteiger charge is -2.22. The number of quaternary nitrogens is 1. The van der Waals surface area contributed by atoms with E-state index in [1.165, 1.54) is 12.1 Å². The number of nitrogens with zero attached hydrogens (tertiary/aromatic N) is 1. The highest BCUT2D eigenvalue weighted by atomic mass is 19.1. The maximum absolute atomic E-state index is 13.1. The van der Waals surface area contributed by atoms with Crippen LogP contribution in [-0.4, -0.2) is 45.6 Å². The van der Waals surface area contributed by atoms with Crippen LogP contribution in [0.5, 0.6) is 5.75 Å². The number of hydrogen-bond donors (Lipinski definition) is 2. The summed E-state index contributed by atoms with van der Waals surface area (Å²) in [5.74, 6) is 0.0520. The molecule has 1 unspecified atom stereocenters. The zero-order valence-corrected chi connectivity index (χ0v) is 15.8. The number of methoxy groups -OCH3 is 1. The number of nitrogens with one attached hydrogen (secondary N) is 2. The fraction of sp³-hybridized carbons (Fsp3) is 0.300. The highest BCUT2D eigenvalue weighted by Crippen LogP contribution is 2.15. The van der Waals surface area contributed by atoms with Crippen LogP contribution >= 0.6 is 0 Å². The molecule has 0 spiro atoms. The molecule has 0 heterocycles. The quantitative estimate of drug-likeness (QED) is 0.733. The summed E-state index contributed by atoms with van der Waals surface area (Å²) in [6.07, 6.45) is 0. The van der Waals surface area contributed by atoms with Gasteiger partial charge in [-0.3, -0.25) is 9.59 Å². The predicted octanol–water partition coefficient (Wildman–Crippen LogP) is 1.34. The number of benzene rings is 2. The minimum atomic E-state index is -0.347. The summed E-state index contributed by atoms with van der Waals surface area (Å²) in [6, 6.07) is 12.8. The number of anilines is 2. The van der Waals surface area contributed by atoms with Gasteiger partial charge >= 0.3 is 0 Å². The number of amides is 2. The van der Waals surface area contributed by atoms with Crippen LogP contribution in [0.3, 0.4) is 0 Å². The maximum atomic E-state index is 13.1. The smallest absolute Gasteiger partial charge is 0.282 e. The number of ether oxygens (including phenoxy) is 1. The van der Waals surface area contributed by atoms with Gasteiger partial charge in [0, 0.05) is 17.9 Å². The molecule has 0 saturated heterocycles. The second-order valence-corrected chi connectivity index (χ2v) is 6.20. The van der Waals surface area contributed by atoms with E-state index in [-0.39, 0.29) is 30.7 Å². The van der Waals surface area contributed by atoms with Gasteiger partial charge in [-0.05, 0) is 55.5 Å². The maximum Gasteiger partial charge on any atom is 0.282 e. The SMILES string of the molecule is CCN(C(=O)C[NH+](C)CC(=O)Nc1ccc(OC)cc1)c1ccc(F)cc1. The van der Waals surface area contributed by atoms with Gasteiger partial charge in [0.05, 0.1) is 14.2 Å².